The zero-order valence-electron chi connectivity index (χ0n) is 12.9. The van der Waals surface area contributed by atoms with Crippen molar-refractivity contribution in [1.82, 2.24) is 0 Å². The molecular weight excluding hydrogens is 250 g/mol. The van der Waals surface area contributed by atoms with Gasteiger partial charge in [-0.1, -0.05) is 51.7 Å². The molecule has 0 aliphatic carbocycles. The Hall–Kier alpha value is -1.06. The van der Waals surface area contributed by atoms with Gasteiger partial charge < -0.3 is 15.6 Å². The lowest BCUT2D eigenvalue weighted by atomic mass is 9.84. The van der Waals surface area contributed by atoms with Gasteiger partial charge in [0.1, 0.15) is 12.4 Å². The van der Waals surface area contributed by atoms with Gasteiger partial charge in [-0.15, -0.1) is 0 Å². The van der Waals surface area contributed by atoms with E-state index < -0.39 is 5.60 Å². The van der Waals surface area contributed by atoms with Crippen LogP contribution in [0.2, 0.25) is 0 Å². The van der Waals surface area contributed by atoms with Crippen molar-refractivity contribution in [3.8, 4) is 5.75 Å². The van der Waals surface area contributed by atoms with Crippen LogP contribution in [0, 0.1) is 0 Å². The van der Waals surface area contributed by atoms with Crippen molar-refractivity contribution < 1.29 is 9.84 Å². The molecule has 1 aromatic rings. The quantitative estimate of drug-likeness (QED) is 0.688. The zero-order chi connectivity index (χ0) is 14.8. The standard InChI is InChI=1S/C17H29NO2/c1-3-5-10-17(19,11-6-4-2)15-8-7-9-16(14-15)20-13-12-18/h7-9,14,19H,3-6,10-13,18H2,1-2H3. The third kappa shape index (κ3) is 5.14. The molecule has 20 heavy (non-hydrogen) atoms. The molecule has 1 aromatic carbocycles. The van der Waals surface area contributed by atoms with Gasteiger partial charge in [-0.05, 0) is 30.5 Å². The van der Waals surface area contributed by atoms with Gasteiger partial charge in [0.25, 0.3) is 0 Å². The zero-order valence-corrected chi connectivity index (χ0v) is 12.9. The van der Waals surface area contributed by atoms with Crippen LogP contribution < -0.4 is 10.5 Å². The predicted octanol–water partition coefficient (Wildman–Crippen LogP) is 3.59. The highest BCUT2D eigenvalue weighted by molar-refractivity contribution is 5.32. The Kier molecular flexibility index (Phi) is 7.63. The summed E-state index contributed by atoms with van der Waals surface area (Å²) in [5, 5.41) is 11.0. The monoisotopic (exact) mass is 279 g/mol. The van der Waals surface area contributed by atoms with E-state index in [1.54, 1.807) is 0 Å². The summed E-state index contributed by atoms with van der Waals surface area (Å²) in [6.07, 6.45) is 5.88. The van der Waals surface area contributed by atoms with Crippen molar-refractivity contribution in [3.05, 3.63) is 29.8 Å². The number of hydrogen-bond acceptors (Lipinski definition) is 3. The van der Waals surface area contributed by atoms with E-state index in [1.165, 1.54) is 0 Å². The van der Waals surface area contributed by atoms with E-state index in [1.807, 2.05) is 24.3 Å². The van der Waals surface area contributed by atoms with Gasteiger partial charge in [0.15, 0.2) is 0 Å². The lowest BCUT2D eigenvalue weighted by Crippen LogP contribution is -2.25. The summed E-state index contributed by atoms with van der Waals surface area (Å²) < 4.78 is 5.56. The summed E-state index contributed by atoms with van der Waals surface area (Å²) in [6.45, 7) is 5.31. The Morgan fingerprint density at radius 2 is 1.80 bits per heavy atom. The molecule has 0 radical (unpaired) electrons. The highest BCUT2D eigenvalue weighted by Gasteiger charge is 2.28. The van der Waals surface area contributed by atoms with Crippen molar-refractivity contribution in [2.24, 2.45) is 5.73 Å². The molecule has 0 saturated carbocycles. The Bertz CT molecular complexity index is 371. The van der Waals surface area contributed by atoms with Gasteiger partial charge in [-0.3, -0.25) is 0 Å². The first-order chi connectivity index (χ1) is 9.66. The first-order valence-corrected chi connectivity index (χ1v) is 7.82. The molecule has 114 valence electrons. The highest BCUT2D eigenvalue weighted by atomic mass is 16.5. The van der Waals surface area contributed by atoms with Crippen LogP contribution in [-0.2, 0) is 5.60 Å². The molecule has 3 heteroatoms. The van der Waals surface area contributed by atoms with Crippen molar-refractivity contribution in [3.63, 3.8) is 0 Å². The highest BCUT2D eigenvalue weighted by Crippen LogP contribution is 2.34. The fourth-order valence-corrected chi connectivity index (χ4v) is 2.40. The van der Waals surface area contributed by atoms with E-state index in [9.17, 15) is 5.11 Å². The number of rotatable bonds is 10. The van der Waals surface area contributed by atoms with Crippen LogP contribution in [0.15, 0.2) is 24.3 Å². The maximum Gasteiger partial charge on any atom is 0.119 e. The second-order valence-corrected chi connectivity index (χ2v) is 5.40. The minimum atomic E-state index is -0.728. The van der Waals surface area contributed by atoms with Crippen LogP contribution in [0.1, 0.15) is 57.9 Å². The van der Waals surface area contributed by atoms with E-state index in [-0.39, 0.29) is 0 Å². The van der Waals surface area contributed by atoms with Gasteiger partial charge >= 0.3 is 0 Å². The SMILES string of the molecule is CCCCC(O)(CCCC)c1cccc(OCCN)c1. The van der Waals surface area contributed by atoms with Crippen molar-refractivity contribution in [1.29, 1.82) is 0 Å². The smallest absolute Gasteiger partial charge is 0.119 e. The molecule has 0 amide bonds. The number of unbranched alkanes of at least 4 members (excludes halogenated alkanes) is 2. The summed E-state index contributed by atoms with van der Waals surface area (Å²) in [5.41, 5.74) is 5.70. The lowest BCUT2D eigenvalue weighted by molar-refractivity contribution is 0.0139. The Labute approximate surface area is 123 Å². The molecule has 0 aliphatic heterocycles. The van der Waals surface area contributed by atoms with Gasteiger partial charge in [0, 0.05) is 6.54 Å². The average Bonchev–Trinajstić information content (AvgIpc) is 2.49. The summed E-state index contributed by atoms with van der Waals surface area (Å²) in [7, 11) is 0. The molecule has 0 bridgehead atoms. The minimum absolute atomic E-state index is 0.500. The van der Waals surface area contributed by atoms with Crippen LogP contribution in [0.25, 0.3) is 0 Å². The fraction of sp³-hybridized carbons (Fsp3) is 0.647. The largest absolute Gasteiger partial charge is 0.492 e. The van der Waals surface area contributed by atoms with Crippen LogP contribution >= 0.6 is 0 Å². The third-order valence-corrected chi connectivity index (χ3v) is 3.65. The number of aliphatic hydroxyl groups is 1. The molecule has 0 aromatic heterocycles. The Morgan fingerprint density at radius 1 is 1.15 bits per heavy atom. The first kappa shape index (κ1) is 17.0. The van der Waals surface area contributed by atoms with Gasteiger partial charge in [-0.2, -0.15) is 0 Å². The summed E-state index contributed by atoms with van der Waals surface area (Å²) in [6, 6.07) is 7.82. The Balaban J connectivity index is 2.87. The molecule has 0 unspecified atom stereocenters. The second-order valence-electron chi connectivity index (χ2n) is 5.40. The molecule has 0 fully saturated rings. The van der Waals surface area contributed by atoms with E-state index in [4.69, 9.17) is 10.5 Å². The third-order valence-electron chi connectivity index (χ3n) is 3.65. The van der Waals surface area contributed by atoms with Crippen LogP contribution in [-0.4, -0.2) is 18.3 Å². The van der Waals surface area contributed by atoms with Gasteiger partial charge in [-0.25, -0.2) is 0 Å². The molecule has 3 nitrogen and oxygen atoms in total. The second kappa shape index (κ2) is 8.98. The molecule has 0 spiro atoms. The maximum atomic E-state index is 11.0. The molecule has 3 N–H and O–H groups in total. The topological polar surface area (TPSA) is 55.5 Å². The van der Waals surface area contributed by atoms with Crippen LogP contribution in [0.3, 0.4) is 0 Å². The molecule has 0 aliphatic rings. The van der Waals surface area contributed by atoms with E-state index >= 15 is 0 Å². The van der Waals surface area contributed by atoms with Gasteiger partial charge in [0.2, 0.25) is 0 Å². The van der Waals surface area contributed by atoms with Crippen molar-refractivity contribution >= 4 is 0 Å². The molecule has 1 rings (SSSR count). The molecular formula is C17H29NO2. The van der Waals surface area contributed by atoms with E-state index in [0.717, 1.165) is 49.8 Å². The minimum Gasteiger partial charge on any atom is -0.492 e. The van der Waals surface area contributed by atoms with Crippen molar-refractivity contribution in [2.45, 2.75) is 58.0 Å². The molecule has 0 heterocycles. The maximum absolute atomic E-state index is 11.0. The molecule has 0 saturated heterocycles. The predicted molar refractivity (Wildman–Crippen MR) is 83.9 cm³/mol. The van der Waals surface area contributed by atoms with E-state index in [2.05, 4.69) is 13.8 Å². The Morgan fingerprint density at radius 3 is 2.35 bits per heavy atom. The summed E-state index contributed by atoms with van der Waals surface area (Å²) >= 11 is 0. The number of ether oxygens (including phenoxy) is 1. The fourth-order valence-electron chi connectivity index (χ4n) is 2.40. The number of benzene rings is 1. The van der Waals surface area contributed by atoms with Crippen LogP contribution in [0.5, 0.6) is 5.75 Å². The summed E-state index contributed by atoms with van der Waals surface area (Å²) in [5.74, 6) is 0.791. The summed E-state index contributed by atoms with van der Waals surface area (Å²) in [4.78, 5) is 0. The normalized spacial score (nSPS) is 11.6. The number of nitrogens with two attached hydrogens (primary N) is 1. The lowest BCUT2D eigenvalue weighted by Gasteiger charge is -2.29. The molecule has 0 atom stereocenters. The average molecular weight is 279 g/mol. The van der Waals surface area contributed by atoms with Crippen LogP contribution in [0.4, 0.5) is 0 Å². The number of hydrogen-bond donors (Lipinski definition) is 2. The first-order valence-electron chi connectivity index (χ1n) is 7.82. The van der Waals surface area contributed by atoms with E-state index in [0.29, 0.717) is 13.2 Å². The van der Waals surface area contributed by atoms with Gasteiger partial charge in [0.05, 0.1) is 5.60 Å². The van der Waals surface area contributed by atoms with Crippen molar-refractivity contribution in [2.75, 3.05) is 13.2 Å².